The van der Waals surface area contributed by atoms with Gasteiger partial charge in [-0.05, 0) is 67.6 Å². The number of nitrogens with one attached hydrogen (secondary N) is 2. The molecule has 3 aromatic carbocycles. The number of methoxy groups -OCH3 is 1. The number of carbonyl (C=O) groups excluding carboxylic acids is 2. The van der Waals surface area contributed by atoms with Gasteiger partial charge >= 0.3 is 11.9 Å². The second kappa shape index (κ2) is 9.45. The number of fused-ring (bicyclic) bond motifs is 1. The first-order chi connectivity index (χ1) is 16.3. The highest BCUT2D eigenvalue weighted by Gasteiger charge is 2.20. The Balaban J connectivity index is 1.45. The van der Waals surface area contributed by atoms with Gasteiger partial charge < -0.3 is 24.9 Å². The second-order valence-electron chi connectivity index (χ2n) is 7.47. The Kier molecular flexibility index (Phi) is 6.26. The SMILES string of the molecule is COc1ccc(-c2nc3ccc(C(=O)OC(C)C(=O)Nc4cccc(C(=O)O)c4)cc3[nH]2)cc1. The van der Waals surface area contributed by atoms with Crippen LogP contribution in [-0.4, -0.2) is 46.1 Å². The second-order valence-corrected chi connectivity index (χ2v) is 7.47. The molecule has 1 heterocycles. The molecule has 0 saturated heterocycles. The minimum absolute atomic E-state index is 0.0318. The lowest BCUT2D eigenvalue weighted by molar-refractivity contribution is -0.123. The van der Waals surface area contributed by atoms with Gasteiger partial charge in [-0.2, -0.15) is 0 Å². The number of aromatic amines is 1. The van der Waals surface area contributed by atoms with Crippen LogP contribution in [0.1, 0.15) is 27.6 Å². The molecule has 0 radical (unpaired) electrons. The summed E-state index contributed by atoms with van der Waals surface area (Å²) in [5, 5.41) is 11.6. The molecule has 3 N–H and O–H groups in total. The van der Waals surface area contributed by atoms with Crippen molar-refractivity contribution in [2.75, 3.05) is 12.4 Å². The molecular weight excluding hydrogens is 438 g/mol. The molecule has 172 valence electrons. The van der Waals surface area contributed by atoms with Crippen LogP contribution in [0.3, 0.4) is 0 Å². The fourth-order valence-electron chi connectivity index (χ4n) is 3.28. The van der Waals surface area contributed by atoms with E-state index in [-0.39, 0.29) is 16.8 Å². The van der Waals surface area contributed by atoms with Gasteiger partial charge in [-0.15, -0.1) is 0 Å². The number of imidazole rings is 1. The normalized spacial score (nSPS) is 11.6. The monoisotopic (exact) mass is 459 g/mol. The number of aromatic nitrogens is 2. The van der Waals surface area contributed by atoms with E-state index in [0.29, 0.717) is 16.9 Å². The third-order valence-corrected chi connectivity index (χ3v) is 5.11. The molecule has 1 unspecified atom stereocenters. The Hall–Kier alpha value is -4.66. The molecule has 0 saturated carbocycles. The average Bonchev–Trinajstić information content (AvgIpc) is 3.27. The highest BCUT2D eigenvalue weighted by Crippen LogP contribution is 2.24. The Labute approximate surface area is 194 Å². The first kappa shape index (κ1) is 22.5. The van der Waals surface area contributed by atoms with Crippen molar-refractivity contribution >= 4 is 34.6 Å². The van der Waals surface area contributed by atoms with E-state index in [4.69, 9.17) is 14.6 Å². The van der Waals surface area contributed by atoms with Crippen LogP contribution in [-0.2, 0) is 9.53 Å². The molecule has 1 amide bonds. The quantitative estimate of drug-likeness (QED) is 0.354. The summed E-state index contributed by atoms with van der Waals surface area (Å²) in [5.74, 6) is -0.998. The number of anilines is 1. The van der Waals surface area contributed by atoms with Gasteiger partial charge in [0.15, 0.2) is 6.10 Å². The van der Waals surface area contributed by atoms with Gasteiger partial charge in [0.05, 0.1) is 29.3 Å². The summed E-state index contributed by atoms with van der Waals surface area (Å²) in [6.45, 7) is 1.44. The molecule has 34 heavy (non-hydrogen) atoms. The molecule has 1 atom stereocenters. The van der Waals surface area contributed by atoms with Gasteiger partial charge in [0.2, 0.25) is 0 Å². The van der Waals surface area contributed by atoms with E-state index in [1.54, 1.807) is 31.4 Å². The number of carbonyl (C=O) groups is 3. The van der Waals surface area contributed by atoms with E-state index in [1.807, 2.05) is 24.3 Å². The van der Waals surface area contributed by atoms with Crippen LogP contribution < -0.4 is 10.1 Å². The van der Waals surface area contributed by atoms with Crippen molar-refractivity contribution < 1.29 is 29.0 Å². The fourth-order valence-corrected chi connectivity index (χ4v) is 3.28. The summed E-state index contributed by atoms with van der Waals surface area (Å²) in [5.41, 5.74) is 2.75. The summed E-state index contributed by atoms with van der Waals surface area (Å²) in [6.07, 6.45) is -1.10. The zero-order valence-corrected chi connectivity index (χ0v) is 18.4. The number of hydrogen-bond donors (Lipinski definition) is 3. The maximum atomic E-state index is 12.6. The van der Waals surface area contributed by atoms with Crippen LogP contribution in [0.4, 0.5) is 5.69 Å². The van der Waals surface area contributed by atoms with Crippen molar-refractivity contribution in [1.29, 1.82) is 0 Å². The third-order valence-electron chi connectivity index (χ3n) is 5.11. The molecule has 0 aliphatic rings. The standard InChI is InChI=1S/C25H21N3O6/c1-14(23(29)26-18-5-3-4-16(12-18)24(30)31)34-25(32)17-8-11-20-21(13-17)28-22(27-20)15-6-9-19(33-2)10-7-15/h3-14H,1-2H3,(H,26,29)(H,27,28)(H,30,31). The van der Waals surface area contributed by atoms with Crippen molar-refractivity contribution in [3.8, 4) is 17.1 Å². The number of H-pyrrole nitrogens is 1. The average molecular weight is 459 g/mol. The molecule has 0 aliphatic carbocycles. The summed E-state index contributed by atoms with van der Waals surface area (Å²) < 4.78 is 10.5. The van der Waals surface area contributed by atoms with Crippen molar-refractivity contribution in [2.24, 2.45) is 0 Å². The lowest BCUT2D eigenvalue weighted by atomic mass is 10.2. The molecule has 0 aliphatic heterocycles. The van der Waals surface area contributed by atoms with Crippen LogP contribution in [0.15, 0.2) is 66.7 Å². The molecule has 9 heteroatoms. The Bertz CT molecular complexity index is 1380. The fraction of sp³-hybridized carbons (Fsp3) is 0.120. The van der Waals surface area contributed by atoms with Crippen LogP contribution in [0.5, 0.6) is 5.75 Å². The number of aromatic carboxylic acids is 1. The smallest absolute Gasteiger partial charge is 0.338 e. The zero-order chi connectivity index (χ0) is 24.2. The van der Waals surface area contributed by atoms with E-state index in [2.05, 4.69) is 15.3 Å². The van der Waals surface area contributed by atoms with E-state index < -0.39 is 23.9 Å². The van der Waals surface area contributed by atoms with Crippen LogP contribution in [0.2, 0.25) is 0 Å². The van der Waals surface area contributed by atoms with Crippen molar-refractivity contribution in [3.05, 3.63) is 77.9 Å². The molecule has 4 aromatic rings. The molecule has 1 aromatic heterocycles. The highest BCUT2D eigenvalue weighted by atomic mass is 16.5. The summed E-state index contributed by atoms with van der Waals surface area (Å²) in [7, 11) is 1.60. The van der Waals surface area contributed by atoms with Crippen molar-refractivity contribution in [2.45, 2.75) is 13.0 Å². The topological polar surface area (TPSA) is 131 Å². The highest BCUT2D eigenvalue weighted by molar-refractivity contribution is 5.99. The largest absolute Gasteiger partial charge is 0.497 e. The number of ether oxygens (including phenoxy) is 2. The summed E-state index contributed by atoms with van der Waals surface area (Å²) >= 11 is 0. The number of nitrogens with zero attached hydrogens (tertiary/aromatic N) is 1. The number of amides is 1. The van der Waals surface area contributed by atoms with E-state index >= 15 is 0 Å². The zero-order valence-electron chi connectivity index (χ0n) is 18.4. The van der Waals surface area contributed by atoms with Crippen LogP contribution >= 0.6 is 0 Å². The molecule has 0 spiro atoms. The first-order valence-corrected chi connectivity index (χ1v) is 10.3. The van der Waals surface area contributed by atoms with E-state index in [1.165, 1.54) is 25.1 Å². The van der Waals surface area contributed by atoms with Crippen LogP contribution in [0.25, 0.3) is 22.4 Å². The predicted molar refractivity (Wildman–Crippen MR) is 125 cm³/mol. The lowest BCUT2D eigenvalue weighted by Gasteiger charge is -2.14. The summed E-state index contributed by atoms with van der Waals surface area (Å²) in [4.78, 5) is 43.8. The number of rotatable bonds is 7. The Morgan fingerprint density at radius 2 is 1.76 bits per heavy atom. The molecule has 9 nitrogen and oxygen atoms in total. The summed E-state index contributed by atoms with van der Waals surface area (Å²) in [6, 6.07) is 18.1. The maximum Gasteiger partial charge on any atom is 0.338 e. The molecule has 0 bridgehead atoms. The molecule has 0 fully saturated rings. The minimum atomic E-state index is -1.11. The predicted octanol–water partition coefficient (Wildman–Crippen LogP) is 4.12. The van der Waals surface area contributed by atoms with Gasteiger partial charge in [-0.1, -0.05) is 6.07 Å². The van der Waals surface area contributed by atoms with Crippen LogP contribution in [0, 0.1) is 0 Å². The first-order valence-electron chi connectivity index (χ1n) is 10.3. The number of esters is 1. The Morgan fingerprint density at radius 3 is 2.47 bits per heavy atom. The lowest BCUT2D eigenvalue weighted by Crippen LogP contribution is -2.30. The third kappa shape index (κ3) is 4.88. The van der Waals surface area contributed by atoms with Gasteiger partial charge in [-0.3, -0.25) is 4.79 Å². The van der Waals surface area contributed by atoms with Gasteiger partial charge in [-0.25, -0.2) is 14.6 Å². The number of carboxylic acids is 1. The van der Waals surface area contributed by atoms with Crippen molar-refractivity contribution in [3.63, 3.8) is 0 Å². The van der Waals surface area contributed by atoms with E-state index in [0.717, 1.165) is 11.3 Å². The van der Waals surface area contributed by atoms with Crippen molar-refractivity contribution in [1.82, 2.24) is 9.97 Å². The van der Waals surface area contributed by atoms with Gasteiger partial charge in [0.25, 0.3) is 5.91 Å². The molecular formula is C25H21N3O6. The number of carboxylic acid groups (broad SMARTS) is 1. The number of hydrogen-bond acceptors (Lipinski definition) is 6. The molecule has 4 rings (SSSR count). The van der Waals surface area contributed by atoms with Gasteiger partial charge in [0, 0.05) is 11.3 Å². The number of benzene rings is 3. The minimum Gasteiger partial charge on any atom is -0.497 e. The Morgan fingerprint density at radius 1 is 1.00 bits per heavy atom. The van der Waals surface area contributed by atoms with Gasteiger partial charge in [0.1, 0.15) is 11.6 Å². The van der Waals surface area contributed by atoms with E-state index in [9.17, 15) is 14.4 Å². The maximum absolute atomic E-state index is 12.6.